The van der Waals surface area contributed by atoms with E-state index in [9.17, 15) is 0 Å². The fourth-order valence-electron chi connectivity index (χ4n) is 1.65. The van der Waals surface area contributed by atoms with Gasteiger partial charge in [0, 0.05) is 13.1 Å². The van der Waals surface area contributed by atoms with E-state index in [1.807, 2.05) is 0 Å². The largest absolute Gasteiger partial charge is 0.471 e. The molecule has 2 heterocycles. The van der Waals surface area contributed by atoms with Crippen molar-refractivity contribution in [3.05, 3.63) is 0 Å². The molecule has 1 aliphatic rings. The van der Waals surface area contributed by atoms with Crippen LogP contribution in [0.3, 0.4) is 0 Å². The molecule has 15 heavy (non-hydrogen) atoms. The van der Waals surface area contributed by atoms with E-state index in [0.29, 0.717) is 0 Å². The summed E-state index contributed by atoms with van der Waals surface area (Å²) in [6.07, 6.45) is 3.72. The second kappa shape index (κ2) is 4.79. The molecule has 1 aliphatic heterocycles. The third-order valence-corrected chi connectivity index (χ3v) is 3.24. The first-order valence-corrected chi connectivity index (χ1v) is 6.28. The Balaban J connectivity index is 2.07. The summed E-state index contributed by atoms with van der Waals surface area (Å²) in [5.74, 6) is 1.66. The van der Waals surface area contributed by atoms with Crippen LogP contribution in [0.2, 0.25) is 0 Å². The highest BCUT2D eigenvalue weighted by Crippen LogP contribution is 2.29. The lowest BCUT2D eigenvalue weighted by atomic mass is 10.3. The van der Waals surface area contributed by atoms with Crippen LogP contribution >= 0.6 is 11.7 Å². The Hall–Kier alpha value is -0.840. The highest BCUT2D eigenvalue weighted by Gasteiger charge is 2.21. The van der Waals surface area contributed by atoms with Crippen LogP contribution < -0.4 is 9.64 Å². The molecule has 0 radical (unpaired) electrons. The maximum absolute atomic E-state index is 5.74. The van der Waals surface area contributed by atoms with Crippen molar-refractivity contribution in [1.29, 1.82) is 0 Å². The number of aromatic nitrogens is 2. The van der Waals surface area contributed by atoms with Crippen molar-refractivity contribution < 1.29 is 4.74 Å². The lowest BCUT2D eigenvalue weighted by Crippen LogP contribution is -2.20. The number of anilines is 1. The number of rotatable bonds is 4. The topological polar surface area (TPSA) is 38.3 Å². The van der Waals surface area contributed by atoms with E-state index in [1.54, 1.807) is 0 Å². The van der Waals surface area contributed by atoms with Gasteiger partial charge in [0.15, 0.2) is 0 Å². The van der Waals surface area contributed by atoms with E-state index in [1.165, 1.54) is 24.6 Å². The Labute approximate surface area is 94.6 Å². The van der Waals surface area contributed by atoms with Crippen molar-refractivity contribution in [2.75, 3.05) is 18.0 Å². The molecule has 0 N–H and O–H groups in total. The molecule has 0 aromatic carbocycles. The van der Waals surface area contributed by atoms with Crippen molar-refractivity contribution in [3.8, 4) is 5.88 Å². The molecule has 1 aromatic heterocycles. The average Bonchev–Trinajstić information content (AvgIpc) is 2.86. The second-order valence-electron chi connectivity index (χ2n) is 3.92. The van der Waals surface area contributed by atoms with Gasteiger partial charge in [0.25, 0.3) is 5.88 Å². The van der Waals surface area contributed by atoms with Gasteiger partial charge >= 0.3 is 0 Å². The van der Waals surface area contributed by atoms with Crippen LogP contribution in [-0.2, 0) is 0 Å². The molecule has 0 saturated carbocycles. The number of nitrogens with zero attached hydrogens (tertiary/aromatic N) is 3. The van der Waals surface area contributed by atoms with Crippen molar-refractivity contribution in [2.45, 2.75) is 39.2 Å². The highest BCUT2D eigenvalue weighted by atomic mass is 32.1. The van der Waals surface area contributed by atoms with Gasteiger partial charge in [0.1, 0.15) is 0 Å². The fraction of sp³-hybridized carbons (Fsp3) is 0.800. The molecule has 2 rings (SSSR count). The Morgan fingerprint density at radius 3 is 2.80 bits per heavy atom. The molecule has 1 unspecified atom stereocenters. The lowest BCUT2D eigenvalue weighted by molar-refractivity contribution is 0.211. The van der Waals surface area contributed by atoms with Crippen LogP contribution in [0.25, 0.3) is 0 Å². The van der Waals surface area contributed by atoms with E-state index < -0.39 is 0 Å². The minimum Gasteiger partial charge on any atom is -0.471 e. The summed E-state index contributed by atoms with van der Waals surface area (Å²) >= 11 is 1.24. The Morgan fingerprint density at radius 2 is 2.13 bits per heavy atom. The molecule has 5 heteroatoms. The van der Waals surface area contributed by atoms with Crippen molar-refractivity contribution in [3.63, 3.8) is 0 Å². The predicted octanol–water partition coefficient (Wildman–Crippen LogP) is 2.32. The molecule has 1 fully saturated rings. The molecule has 0 aliphatic carbocycles. The van der Waals surface area contributed by atoms with E-state index in [2.05, 4.69) is 27.5 Å². The van der Waals surface area contributed by atoms with E-state index in [4.69, 9.17) is 4.74 Å². The summed E-state index contributed by atoms with van der Waals surface area (Å²) in [6, 6.07) is 0. The molecule has 0 bridgehead atoms. The molecule has 1 aromatic rings. The number of ether oxygens (including phenoxy) is 1. The van der Waals surface area contributed by atoms with Crippen LogP contribution in [0, 0.1) is 0 Å². The summed E-state index contributed by atoms with van der Waals surface area (Å²) in [5, 5.41) is 0. The predicted molar refractivity (Wildman–Crippen MR) is 61.7 cm³/mol. The molecule has 1 atom stereocenters. The average molecular weight is 227 g/mol. The molecule has 0 amide bonds. The van der Waals surface area contributed by atoms with E-state index in [0.717, 1.165) is 31.2 Å². The molecule has 0 spiro atoms. The summed E-state index contributed by atoms with van der Waals surface area (Å²) < 4.78 is 14.3. The Kier molecular flexibility index (Phi) is 3.41. The Bertz CT molecular complexity index is 309. The monoisotopic (exact) mass is 227 g/mol. The second-order valence-corrected chi connectivity index (χ2v) is 4.45. The van der Waals surface area contributed by atoms with Gasteiger partial charge in [-0.1, -0.05) is 6.92 Å². The van der Waals surface area contributed by atoms with Crippen molar-refractivity contribution >= 4 is 17.5 Å². The smallest absolute Gasteiger partial charge is 0.271 e. The number of hydrogen-bond acceptors (Lipinski definition) is 5. The minimum absolute atomic E-state index is 0.218. The van der Waals surface area contributed by atoms with Crippen LogP contribution in [0.5, 0.6) is 5.88 Å². The van der Waals surface area contributed by atoms with E-state index >= 15 is 0 Å². The third-order valence-electron chi connectivity index (χ3n) is 2.74. The molecular weight excluding hydrogens is 210 g/mol. The highest BCUT2D eigenvalue weighted by molar-refractivity contribution is 6.99. The summed E-state index contributed by atoms with van der Waals surface area (Å²) in [5.41, 5.74) is 0. The SMILES string of the molecule is CCC(C)Oc1nsnc1N1CCCC1. The molecular formula is C10H17N3OS. The normalized spacial score (nSPS) is 18.1. The van der Waals surface area contributed by atoms with Gasteiger partial charge in [-0.3, -0.25) is 0 Å². The van der Waals surface area contributed by atoms with Crippen LogP contribution in [0.4, 0.5) is 5.82 Å². The van der Waals surface area contributed by atoms with Gasteiger partial charge in [0.05, 0.1) is 17.8 Å². The van der Waals surface area contributed by atoms with E-state index in [-0.39, 0.29) is 6.10 Å². The van der Waals surface area contributed by atoms with Gasteiger partial charge in [-0.25, -0.2) is 0 Å². The maximum Gasteiger partial charge on any atom is 0.271 e. The fourth-order valence-corrected chi connectivity index (χ4v) is 2.16. The van der Waals surface area contributed by atoms with Gasteiger partial charge in [-0.15, -0.1) is 4.37 Å². The molecule has 4 nitrogen and oxygen atoms in total. The number of hydrogen-bond donors (Lipinski definition) is 0. The standard InChI is InChI=1S/C10H17N3OS/c1-3-8(2)14-10-9(11-15-12-10)13-6-4-5-7-13/h8H,3-7H2,1-2H3. The van der Waals surface area contributed by atoms with Gasteiger partial charge in [-0.05, 0) is 26.2 Å². The summed E-state index contributed by atoms with van der Waals surface area (Å²) in [7, 11) is 0. The third kappa shape index (κ3) is 2.40. The van der Waals surface area contributed by atoms with Crippen LogP contribution in [0.1, 0.15) is 33.1 Å². The lowest BCUT2D eigenvalue weighted by Gasteiger charge is -2.17. The first-order valence-electron chi connectivity index (χ1n) is 5.55. The first kappa shape index (κ1) is 10.7. The minimum atomic E-state index is 0.218. The summed E-state index contributed by atoms with van der Waals surface area (Å²) in [6.45, 7) is 6.34. The maximum atomic E-state index is 5.74. The molecule has 1 saturated heterocycles. The van der Waals surface area contributed by atoms with Crippen LogP contribution in [0.15, 0.2) is 0 Å². The zero-order valence-electron chi connectivity index (χ0n) is 9.27. The zero-order chi connectivity index (χ0) is 10.7. The van der Waals surface area contributed by atoms with Gasteiger partial charge in [0.2, 0.25) is 5.82 Å². The zero-order valence-corrected chi connectivity index (χ0v) is 10.1. The summed E-state index contributed by atoms with van der Waals surface area (Å²) in [4.78, 5) is 2.27. The van der Waals surface area contributed by atoms with Crippen LogP contribution in [-0.4, -0.2) is 27.9 Å². The molecule has 84 valence electrons. The quantitative estimate of drug-likeness (QED) is 0.791. The first-order chi connectivity index (χ1) is 7.31. The van der Waals surface area contributed by atoms with Crippen molar-refractivity contribution in [1.82, 2.24) is 8.75 Å². The van der Waals surface area contributed by atoms with Gasteiger partial charge < -0.3 is 9.64 Å². The van der Waals surface area contributed by atoms with Gasteiger partial charge in [-0.2, -0.15) is 4.37 Å². The Morgan fingerprint density at radius 1 is 1.40 bits per heavy atom. The van der Waals surface area contributed by atoms with Crippen molar-refractivity contribution in [2.24, 2.45) is 0 Å².